The van der Waals surface area contributed by atoms with Gasteiger partial charge < -0.3 is 10.1 Å². The highest BCUT2D eigenvalue weighted by Gasteiger charge is 2.08. The van der Waals surface area contributed by atoms with Crippen molar-refractivity contribution in [1.29, 1.82) is 0 Å². The number of aromatic nitrogens is 2. The van der Waals surface area contributed by atoms with E-state index in [4.69, 9.17) is 4.74 Å². The molecule has 4 rings (SSSR count). The lowest BCUT2D eigenvalue weighted by atomic mass is 10.1. The topological polar surface area (TPSA) is 47.0 Å². The summed E-state index contributed by atoms with van der Waals surface area (Å²) in [6, 6.07) is 16.3. The Morgan fingerprint density at radius 3 is 2.65 bits per heavy atom. The number of hydrogen-bond donors (Lipinski definition) is 1. The number of nitrogens with zero attached hydrogens (tertiary/aromatic N) is 2. The Morgan fingerprint density at radius 2 is 1.88 bits per heavy atom. The smallest absolute Gasteiger partial charge is 0.121 e. The quantitative estimate of drug-likeness (QED) is 0.504. The lowest BCUT2D eigenvalue weighted by molar-refractivity contribution is 0.415. The molecule has 0 aliphatic rings. The van der Waals surface area contributed by atoms with Crippen molar-refractivity contribution in [3.8, 4) is 17.0 Å². The molecule has 130 valence electrons. The molecule has 0 bridgehead atoms. The van der Waals surface area contributed by atoms with E-state index in [0.29, 0.717) is 0 Å². The minimum absolute atomic E-state index is 0.808. The van der Waals surface area contributed by atoms with Gasteiger partial charge >= 0.3 is 0 Å². The number of rotatable bonds is 4. The molecule has 0 aliphatic heterocycles. The monoisotopic (exact) mass is 361 g/mol. The average Bonchev–Trinajstić information content (AvgIpc) is 3.08. The maximum atomic E-state index is 5.32. The molecular weight excluding hydrogens is 342 g/mol. The Labute approximate surface area is 156 Å². The zero-order chi connectivity index (χ0) is 18.1. The molecule has 0 aliphatic carbocycles. The molecule has 0 fully saturated rings. The Kier molecular flexibility index (Phi) is 4.31. The van der Waals surface area contributed by atoms with Gasteiger partial charge in [0.1, 0.15) is 5.75 Å². The van der Waals surface area contributed by atoms with Crippen LogP contribution in [0.3, 0.4) is 0 Å². The molecule has 0 atom stereocenters. The summed E-state index contributed by atoms with van der Waals surface area (Å²) in [6.07, 6.45) is 0. The predicted molar refractivity (Wildman–Crippen MR) is 109 cm³/mol. The van der Waals surface area contributed by atoms with E-state index in [1.54, 1.807) is 18.4 Å². The van der Waals surface area contributed by atoms with E-state index in [2.05, 4.69) is 44.9 Å². The lowest BCUT2D eigenvalue weighted by Crippen LogP contribution is -1.95. The van der Waals surface area contributed by atoms with Gasteiger partial charge in [-0.2, -0.15) is 0 Å². The molecule has 26 heavy (non-hydrogen) atoms. The first-order valence-electron chi connectivity index (χ1n) is 8.37. The van der Waals surface area contributed by atoms with Gasteiger partial charge in [-0.1, -0.05) is 12.1 Å². The summed E-state index contributed by atoms with van der Waals surface area (Å²) in [5.41, 5.74) is 6.04. The summed E-state index contributed by atoms with van der Waals surface area (Å²) >= 11 is 1.66. The van der Waals surface area contributed by atoms with E-state index in [1.807, 2.05) is 38.1 Å². The van der Waals surface area contributed by atoms with E-state index in [9.17, 15) is 0 Å². The van der Waals surface area contributed by atoms with Crippen LogP contribution in [-0.4, -0.2) is 17.1 Å². The van der Waals surface area contributed by atoms with Crippen LogP contribution in [0, 0.1) is 13.8 Å². The highest BCUT2D eigenvalue weighted by atomic mass is 32.1. The summed E-state index contributed by atoms with van der Waals surface area (Å²) in [4.78, 5) is 9.20. The summed E-state index contributed by atoms with van der Waals surface area (Å²) in [5.74, 6) is 0.808. The largest absolute Gasteiger partial charge is 0.497 e. The van der Waals surface area contributed by atoms with Gasteiger partial charge in [-0.3, -0.25) is 4.98 Å². The van der Waals surface area contributed by atoms with E-state index in [-0.39, 0.29) is 0 Å². The molecule has 5 heteroatoms. The Morgan fingerprint density at radius 1 is 1.00 bits per heavy atom. The Hall–Kier alpha value is -2.92. The zero-order valence-electron chi connectivity index (χ0n) is 14.9. The molecule has 1 N–H and O–H groups in total. The zero-order valence-corrected chi connectivity index (χ0v) is 15.7. The first-order valence-corrected chi connectivity index (χ1v) is 9.25. The molecule has 0 amide bonds. The van der Waals surface area contributed by atoms with Crippen molar-refractivity contribution in [1.82, 2.24) is 9.97 Å². The van der Waals surface area contributed by atoms with Crippen LogP contribution in [0.1, 0.15) is 10.7 Å². The highest BCUT2D eigenvalue weighted by Crippen LogP contribution is 2.31. The molecular formula is C21H19N3OS. The van der Waals surface area contributed by atoms with E-state index < -0.39 is 0 Å². The van der Waals surface area contributed by atoms with Crippen molar-refractivity contribution >= 4 is 33.6 Å². The first-order chi connectivity index (χ1) is 12.6. The van der Waals surface area contributed by atoms with Crippen molar-refractivity contribution in [2.24, 2.45) is 0 Å². The number of methoxy groups -OCH3 is 1. The molecule has 0 unspecified atom stereocenters. The van der Waals surface area contributed by atoms with Gasteiger partial charge in [-0.05, 0) is 44.2 Å². The Balaban J connectivity index is 1.73. The number of nitrogens with one attached hydrogen (secondary N) is 1. The molecule has 2 heterocycles. The minimum atomic E-state index is 0.808. The number of hydrogen-bond acceptors (Lipinski definition) is 5. The third kappa shape index (κ3) is 3.26. The number of benzene rings is 2. The molecule has 2 aromatic carbocycles. The molecule has 0 radical (unpaired) electrons. The average molecular weight is 361 g/mol. The van der Waals surface area contributed by atoms with Crippen molar-refractivity contribution in [3.05, 3.63) is 64.6 Å². The maximum absolute atomic E-state index is 5.32. The van der Waals surface area contributed by atoms with Gasteiger partial charge in [0.25, 0.3) is 0 Å². The van der Waals surface area contributed by atoms with Crippen LogP contribution in [-0.2, 0) is 0 Å². The number of anilines is 2. The fraction of sp³-hybridized carbons (Fsp3) is 0.143. The van der Waals surface area contributed by atoms with Gasteiger partial charge in [0.05, 0.1) is 23.3 Å². The number of thiazole rings is 1. The van der Waals surface area contributed by atoms with Crippen molar-refractivity contribution in [2.45, 2.75) is 13.8 Å². The second-order valence-corrected chi connectivity index (χ2v) is 7.21. The van der Waals surface area contributed by atoms with E-state index in [0.717, 1.165) is 50.0 Å². The first kappa shape index (κ1) is 16.5. The summed E-state index contributed by atoms with van der Waals surface area (Å²) in [6.45, 7) is 4.02. The van der Waals surface area contributed by atoms with Crippen LogP contribution in [0.15, 0.2) is 53.9 Å². The van der Waals surface area contributed by atoms with Crippen LogP contribution in [0.4, 0.5) is 11.4 Å². The van der Waals surface area contributed by atoms with Gasteiger partial charge in [0.15, 0.2) is 0 Å². The molecule has 4 nitrogen and oxygen atoms in total. The van der Waals surface area contributed by atoms with Gasteiger partial charge in [0.2, 0.25) is 0 Å². The van der Waals surface area contributed by atoms with Gasteiger partial charge in [-0.15, -0.1) is 11.3 Å². The van der Waals surface area contributed by atoms with Crippen LogP contribution >= 0.6 is 11.3 Å². The normalized spacial score (nSPS) is 10.9. The summed E-state index contributed by atoms with van der Waals surface area (Å²) < 4.78 is 5.32. The molecule has 0 saturated heterocycles. The second kappa shape index (κ2) is 6.77. The van der Waals surface area contributed by atoms with Crippen molar-refractivity contribution in [3.63, 3.8) is 0 Å². The van der Waals surface area contributed by atoms with Crippen molar-refractivity contribution in [2.75, 3.05) is 12.4 Å². The highest BCUT2D eigenvalue weighted by molar-refractivity contribution is 7.09. The molecule has 4 aromatic rings. The standard InChI is InChI=1S/C21H19N3OS/c1-13-9-19(18-8-7-17(25-3)11-20(18)22-13)24-16-6-4-5-15(10-16)21-12-26-14(2)23-21/h4-12H,1-3H3,(H,22,24). The SMILES string of the molecule is COc1ccc2c(Nc3cccc(-c4csc(C)n4)c3)cc(C)nc2c1. The molecule has 0 spiro atoms. The Bertz CT molecular complexity index is 1090. The van der Waals surface area contributed by atoms with Crippen LogP contribution in [0.25, 0.3) is 22.2 Å². The number of fused-ring (bicyclic) bond motifs is 1. The van der Waals surface area contributed by atoms with Gasteiger partial charge in [-0.25, -0.2) is 4.98 Å². The van der Waals surface area contributed by atoms with Crippen LogP contribution < -0.4 is 10.1 Å². The fourth-order valence-corrected chi connectivity index (χ4v) is 3.60. The summed E-state index contributed by atoms with van der Waals surface area (Å²) in [5, 5.41) is 7.76. The van der Waals surface area contributed by atoms with Crippen LogP contribution in [0.2, 0.25) is 0 Å². The van der Waals surface area contributed by atoms with Crippen molar-refractivity contribution < 1.29 is 4.74 Å². The number of aryl methyl sites for hydroxylation is 2. The molecule has 0 saturated carbocycles. The second-order valence-electron chi connectivity index (χ2n) is 6.15. The van der Waals surface area contributed by atoms with E-state index in [1.165, 1.54) is 0 Å². The predicted octanol–water partition coefficient (Wildman–Crippen LogP) is 5.73. The third-order valence-electron chi connectivity index (χ3n) is 4.20. The molecule has 2 aromatic heterocycles. The summed E-state index contributed by atoms with van der Waals surface area (Å²) in [7, 11) is 1.67. The van der Waals surface area contributed by atoms with Gasteiger partial charge in [0, 0.05) is 39.5 Å². The maximum Gasteiger partial charge on any atom is 0.121 e. The third-order valence-corrected chi connectivity index (χ3v) is 4.97. The van der Waals surface area contributed by atoms with E-state index >= 15 is 0 Å². The lowest BCUT2D eigenvalue weighted by Gasteiger charge is -2.12. The number of ether oxygens (including phenoxy) is 1. The fourth-order valence-electron chi connectivity index (χ4n) is 2.98. The van der Waals surface area contributed by atoms with Crippen LogP contribution in [0.5, 0.6) is 5.75 Å². The number of pyridine rings is 1. The minimum Gasteiger partial charge on any atom is -0.497 e.